The number of aryl methyl sites for hydroxylation is 1. The van der Waals surface area contributed by atoms with E-state index in [0.717, 1.165) is 24.1 Å². The van der Waals surface area contributed by atoms with Crippen molar-refractivity contribution in [1.82, 2.24) is 4.98 Å². The summed E-state index contributed by atoms with van der Waals surface area (Å²) in [6.45, 7) is 25.5. The number of para-hydroxylation sites is 1. The highest BCUT2D eigenvalue weighted by molar-refractivity contribution is 6.27. The molecule has 11 aromatic rings. The molecule has 1 N–H and O–H groups in total. The van der Waals surface area contributed by atoms with Crippen LogP contribution in [0, 0.1) is 18.8 Å². The number of aromatic amines is 1. The summed E-state index contributed by atoms with van der Waals surface area (Å²) in [5.74, 6) is 1.30. The molecule has 0 saturated heterocycles. The zero-order valence-electron chi connectivity index (χ0n) is 48.6. The van der Waals surface area contributed by atoms with E-state index in [-0.39, 0.29) is 0 Å². The third kappa shape index (κ3) is 9.47. The SMILES string of the molecule is C=C(/C(C)=C/C)c1[nH]c2ccccc2c1C.CC.CC.CC1C=CC(c2ccc(-c3ccc4ccc5c(-c6ccc(-c7cccc8c7C(C)Cc7ccccc7-8)cc6)ccc6ccc3c4c65)cc2)=C2C(=C1)c1ccccc1CC2C. The van der Waals surface area contributed by atoms with Crippen LogP contribution in [0.2, 0.25) is 0 Å². The zero-order chi connectivity index (χ0) is 55.8. The summed E-state index contributed by atoms with van der Waals surface area (Å²) in [6, 6.07) is 70.5. The Hall–Kier alpha value is -8.52. The van der Waals surface area contributed by atoms with Gasteiger partial charge in [0.25, 0.3) is 0 Å². The monoisotopic (exact) mass is 1040 g/mol. The number of hydrogen-bond acceptors (Lipinski definition) is 0. The Kier molecular flexibility index (Phi) is 15.2. The van der Waals surface area contributed by atoms with E-state index in [1.165, 1.54) is 143 Å². The molecule has 80 heavy (non-hydrogen) atoms. The average Bonchev–Trinajstić information content (AvgIpc) is 3.60. The number of H-pyrrole nitrogens is 1. The molecule has 0 bridgehead atoms. The summed E-state index contributed by atoms with van der Waals surface area (Å²) in [4.78, 5) is 3.44. The summed E-state index contributed by atoms with van der Waals surface area (Å²) in [6.07, 6.45) is 11.5. The summed E-state index contributed by atoms with van der Waals surface area (Å²) in [5.41, 5.74) is 27.7. The lowest BCUT2D eigenvalue weighted by Crippen LogP contribution is -2.15. The van der Waals surface area contributed by atoms with Crippen LogP contribution in [0.15, 0.2) is 230 Å². The minimum atomic E-state index is 0.380. The van der Waals surface area contributed by atoms with Crippen molar-refractivity contribution in [3.8, 4) is 44.5 Å². The molecule has 0 amide bonds. The van der Waals surface area contributed by atoms with Crippen LogP contribution in [-0.2, 0) is 12.8 Å². The van der Waals surface area contributed by atoms with Gasteiger partial charge < -0.3 is 4.98 Å². The quantitative estimate of drug-likeness (QED) is 0.126. The van der Waals surface area contributed by atoms with Crippen molar-refractivity contribution < 1.29 is 0 Å². The lowest BCUT2D eigenvalue weighted by Gasteiger charge is -2.30. The molecule has 3 aliphatic carbocycles. The highest BCUT2D eigenvalue weighted by Crippen LogP contribution is 2.48. The molecule has 0 aliphatic heterocycles. The van der Waals surface area contributed by atoms with E-state index in [1.54, 1.807) is 0 Å². The van der Waals surface area contributed by atoms with Gasteiger partial charge in [0.1, 0.15) is 0 Å². The first-order chi connectivity index (χ1) is 39.1. The number of fused-ring (bicyclic) bond motifs is 7. The fourth-order valence-electron chi connectivity index (χ4n) is 13.2. The first-order valence-electron chi connectivity index (χ1n) is 29.4. The highest BCUT2D eigenvalue weighted by Gasteiger charge is 2.29. The van der Waals surface area contributed by atoms with E-state index in [2.05, 4.69) is 252 Å². The summed E-state index contributed by atoms with van der Waals surface area (Å²) in [5, 5.41) is 9.18. The number of aromatic nitrogens is 1. The Morgan fingerprint density at radius 1 is 0.500 bits per heavy atom. The smallest absolute Gasteiger partial charge is 0.0491 e. The minimum Gasteiger partial charge on any atom is -0.354 e. The van der Waals surface area contributed by atoms with Crippen molar-refractivity contribution in [2.24, 2.45) is 11.8 Å². The van der Waals surface area contributed by atoms with Gasteiger partial charge in [-0.25, -0.2) is 0 Å². The maximum Gasteiger partial charge on any atom is 0.0491 e. The Morgan fingerprint density at radius 2 is 1.00 bits per heavy atom. The molecule has 0 radical (unpaired) electrons. The Morgan fingerprint density at radius 3 is 1.61 bits per heavy atom. The first kappa shape index (κ1) is 53.5. The van der Waals surface area contributed by atoms with Crippen molar-refractivity contribution in [2.75, 3.05) is 0 Å². The summed E-state index contributed by atoms with van der Waals surface area (Å²) >= 11 is 0. The third-order valence-electron chi connectivity index (χ3n) is 17.2. The maximum atomic E-state index is 4.15. The Labute approximate surface area is 475 Å². The van der Waals surface area contributed by atoms with Crippen molar-refractivity contribution >= 4 is 59.9 Å². The largest absolute Gasteiger partial charge is 0.354 e. The second-order valence-electron chi connectivity index (χ2n) is 21.8. The van der Waals surface area contributed by atoms with Crippen LogP contribution >= 0.6 is 0 Å². The fraction of sp³-hybridized carbons (Fsp3) is 0.190. The van der Waals surface area contributed by atoms with Gasteiger partial charge in [0.05, 0.1) is 0 Å². The van der Waals surface area contributed by atoms with Crippen LogP contribution < -0.4 is 0 Å². The van der Waals surface area contributed by atoms with Crippen molar-refractivity contribution in [2.45, 2.75) is 88.0 Å². The van der Waals surface area contributed by atoms with Crippen molar-refractivity contribution in [3.63, 3.8) is 0 Å². The number of benzene rings is 10. The minimum absolute atomic E-state index is 0.380. The topological polar surface area (TPSA) is 15.8 Å². The maximum absolute atomic E-state index is 4.15. The van der Waals surface area contributed by atoms with Gasteiger partial charge in [-0.2, -0.15) is 0 Å². The molecule has 3 atom stereocenters. The van der Waals surface area contributed by atoms with E-state index in [0.29, 0.717) is 17.8 Å². The Balaban J connectivity index is 0.000000288. The number of rotatable bonds is 6. The zero-order valence-corrected chi connectivity index (χ0v) is 48.6. The van der Waals surface area contributed by atoms with E-state index in [9.17, 15) is 0 Å². The standard InChI is InChI=1S/C60H46.C15H17N.2C2H6/c1-36-15-28-52(58-38(3)35-46-10-5-7-12-48(46)56(58)33-36)42-22-18-40(19-23-42)50-30-25-44-26-31-54-49(29-24-43-27-32-55(50)60(44)59(43)54)39-16-20-41(21-17-39)51-13-8-14-53-47-11-6-4-9-45(47)34-37(2)57(51)53;1-5-10(2)11(3)15-12(4)13-8-6-7-9-14(13)16-15;2*1-2/h4-33,36-38H,34-35H2,1-3H3;5-9,16H,3H2,1-2,4H3;2*1-2H3/b;10-5+;;. The second kappa shape index (κ2) is 22.7. The summed E-state index contributed by atoms with van der Waals surface area (Å²) in [7, 11) is 0. The van der Waals surface area contributed by atoms with Crippen molar-refractivity contribution in [1.29, 1.82) is 0 Å². The fourth-order valence-corrected chi connectivity index (χ4v) is 13.2. The lowest BCUT2D eigenvalue weighted by atomic mass is 9.74. The normalized spacial score (nSPS) is 16.2. The third-order valence-corrected chi connectivity index (χ3v) is 17.2. The molecule has 1 heterocycles. The molecule has 396 valence electrons. The second-order valence-corrected chi connectivity index (χ2v) is 21.8. The van der Waals surface area contributed by atoms with Gasteiger partial charge in [0.15, 0.2) is 0 Å². The van der Waals surface area contributed by atoms with Gasteiger partial charge in [-0.1, -0.05) is 261 Å². The Bertz CT molecular complexity index is 4240. The average molecular weight is 1040 g/mol. The molecule has 1 nitrogen and oxygen atoms in total. The van der Waals surface area contributed by atoms with Crippen LogP contribution in [0.25, 0.3) is 104 Å². The molecule has 1 aromatic heterocycles. The predicted octanol–water partition coefficient (Wildman–Crippen LogP) is 22.7. The van der Waals surface area contributed by atoms with Gasteiger partial charge in [-0.3, -0.25) is 0 Å². The van der Waals surface area contributed by atoms with Gasteiger partial charge >= 0.3 is 0 Å². The van der Waals surface area contributed by atoms with Crippen LogP contribution in [0.5, 0.6) is 0 Å². The van der Waals surface area contributed by atoms with Crippen molar-refractivity contribution in [3.05, 3.63) is 269 Å². The van der Waals surface area contributed by atoms with Gasteiger partial charge in [0, 0.05) is 16.6 Å². The molecule has 0 spiro atoms. The van der Waals surface area contributed by atoms with Gasteiger partial charge in [0.2, 0.25) is 0 Å². The molecule has 0 saturated carbocycles. The molecule has 0 fully saturated rings. The van der Waals surface area contributed by atoms with Gasteiger partial charge in [-0.15, -0.1) is 0 Å². The molecule has 10 aromatic carbocycles. The molecule has 1 heteroatoms. The van der Waals surface area contributed by atoms with Crippen LogP contribution in [-0.4, -0.2) is 4.98 Å². The molecule has 3 unspecified atom stereocenters. The lowest BCUT2D eigenvalue weighted by molar-refractivity contribution is 0.684. The van der Waals surface area contributed by atoms with Crippen LogP contribution in [0.4, 0.5) is 0 Å². The summed E-state index contributed by atoms with van der Waals surface area (Å²) < 4.78 is 0. The van der Waals surface area contributed by atoms with E-state index in [1.807, 2.05) is 40.7 Å². The van der Waals surface area contributed by atoms with Crippen LogP contribution in [0.3, 0.4) is 0 Å². The first-order valence-corrected chi connectivity index (χ1v) is 29.4. The molecule has 14 rings (SSSR count). The molecular formula is C79H75N. The van der Waals surface area contributed by atoms with E-state index < -0.39 is 0 Å². The van der Waals surface area contributed by atoms with E-state index >= 15 is 0 Å². The molecule has 3 aliphatic rings. The molecular weight excluding hydrogens is 963 g/mol. The number of nitrogens with one attached hydrogen (secondary N) is 1. The number of allylic oxidation sites excluding steroid dienone is 9. The van der Waals surface area contributed by atoms with E-state index in [4.69, 9.17) is 0 Å². The predicted molar refractivity (Wildman–Crippen MR) is 351 cm³/mol. The van der Waals surface area contributed by atoms with Crippen LogP contribution in [0.1, 0.15) is 107 Å². The van der Waals surface area contributed by atoms with Gasteiger partial charge in [-0.05, 0) is 196 Å². The number of hydrogen-bond donors (Lipinski definition) is 1. The highest BCUT2D eigenvalue weighted by atomic mass is 14.7.